The smallest absolute Gasteiger partial charge is 0.173 e. The van der Waals surface area contributed by atoms with Gasteiger partial charge in [-0.3, -0.25) is 10.00 Å². The van der Waals surface area contributed by atoms with E-state index in [1.54, 1.807) is 22.7 Å². The number of hydrogen-bond acceptors (Lipinski definition) is 6. The van der Waals surface area contributed by atoms with Crippen LogP contribution in [0.15, 0.2) is 55.0 Å². The van der Waals surface area contributed by atoms with Gasteiger partial charge in [0.05, 0.1) is 23.3 Å². The molecule has 1 fully saturated rings. The van der Waals surface area contributed by atoms with Gasteiger partial charge in [0.15, 0.2) is 11.5 Å². The molecule has 37 heavy (non-hydrogen) atoms. The molecule has 1 aliphatic carbocycles. The maximum Gasteiger partial charge on any atom is 0.173 e. The van der Waals surface area contributed by atoms with Crippen molar-refractivity contribution in [3.05, 3.63) is 83.5 Å². The molecular formula is C28H26FN7O. The number of aromatic nitrogens is 6. The Morgan fingerprint density at radius 1 is 1.05 bits per heavy atom. The monoisotopic (exact) mass is 495 g/mol. The van der Waals surface area contributed by atoms with Crippen molar-refractivity contribution in [2.45, 2.75) is 38.1 Å². The lowest BCUT2D eigenvalue weighted by Crippen LogP contribution is -2.52. The fourth-order valence-electron chi connectivity index (χ4n) is 5.67. The maximum atomic E-state index is 14.5. The van der Waals surface area contributed by atoms with Gasteiger partial charge < -0.3 is 9.51 Å². The van der Waals surface area contributed by atoms with Crippen molar-refractivity contribution in [3.63, 3.8) is 0 Å². The van der Waals surface area contributed by atoms with Crippen LogP contribution in [0.1, 0.15) is 35.0 Å². The van der Waals surface area contributed by atoms with Crippen LogP contribution in [0.5, 0.6) is 5.75 Å². The van der Waals surface area contributed by atoms with Crippen LogP contribution < -0.4 is 0 Å². The summed E-state index contributed by atoms with van der Waals surface area (Å²) < 4.78 is 16.2. The molecule has 1 saturated heterocycles. The predicted molar refractivity (Wildman–Crippen MR) is 137 cm³/mol. The largest absolute Gasteiger partial charge is 0.507 e. The molecule has 5 heterocycles. The summed E-state index contributed by atoms with van der Waals surface area (Å²) in [5.41, 5.74) is 7.20. The van der Waals surface area contributed by atoms with Gasteiger partial charge in [-0.15, -0.1) is 0 Å². The number of H-pyrrole nitrogens is 1. The molecule has 0 spiro atoms. The molecule has 7 rings (SSSR count). The minimum absolute atomic E-state index is 0.0761. The number of aromatic hydroxyl groups is 1. The minimum atomic E-state index is -0.403. The molecule has 1 aromatic carbocycles. The highest BCUT2D eigenvalue weighted by atomic mass is 19.1. The van der Waals surface area contributed by atoms with Gasteiger partial charge in [0.2, 0.25) is 0 Å². The van der Waals surface area contributed by atoms with Crippen LogP contribution in [-0.2, 0) is 12.8 Å². The number of imidazole rings is 1. The number of nitrogens with zero attached hydrogens (tertiary/aromatic N) is 6. The molecule has 186 valence electrons. The van der Waals surface area contributed by atoms with Crippen molar-refractivity contribution in [2.75, 3.05) is 13.1 Å². The number of pyridine rings is 1. The first-order valence-corrected chi connectivity index (χ1v) is 12.6. The number of rotatable bonds is 4. The average Bonchev–Trinajstić information content (AvgIpc) is 3.49. The Labute approximate surface area is 212 Å². The fraction of sp³-hybridized carbons (Fsp3) is 0.286. The minimum Gasteiger partial charge on any atom is -0.507 e. The molecular weight excluding hydrogens is 469 g/mol. The van der Waals surface area contributed by atoms with E-state index >= 15 is 0 Å². The van der Waals surface area contributed by atoms with E-state index in [0.29, 0.717) is 34.3 Å². The zero-order chi connectivity index (χ0) is 25.1. The van der Waals surface area contributed by atoms with Gasteiger partial charge in [-0.1, -0.05) is 6.07 Å². The van der Waals surface area contributed by atoms with Crippen LogP contribution >= 0.6 is 0 Å². The van der Waals surface area contributed by atoms with Crippen LogP contribution in [0, 0.1) is 12.7 Å². The number of phenolic OH excluding ortho intramolecular Hbond substituents is 1. The van der Waals surface area contributed by atoms with Crippen LogP contribution in [0.4, 0.5) is 4.39 Å². The summed E-state index contributed by atoms with van der Waals surface area (Å²) >= 11 is 0. The fourth-order valence-corrected chi connectivity index (χ4v) is 5.67. The second kappa shape index (κ2) is 8.48. The topological polar surface area (TPSA) is 95.2 Å². The first-order chi connectivity index (χ1) is 18.0. The Bertz CT molecular complexity index is 1620. The lowest BCUT2D eigenvalue weighted by atomic mass is 9.87. The molecule has 1 unspecified atom stereocenters. The van der Waals surface area contributed by atoms with E-state index in [2.05, 4.69) is 30.3 Å². The van der Waals surface area contributed by atoms with E-state index in [1.165, 1.54) is 23.7 Å². The van der Waals surface area contributed by atoms with Crippen molar-refractivity contribution in [3.8, 4) is 28.1 Å². The molecule has 0 saturated carbocycles. The van der Waals surface area contributed by atoms with Crippen molar-refractivity contribution in [2.24, 2.45) is 0 Å². The van der Waals surface area contributed by atoms with Crippen molar-refractivity contribution < 1.29 is 9.50 Å². The molecule has 2 aliphatic rings. The Morgan fingerprint density at radius 3 is 2.76 bits per heavy atom. The normalized spacial score (nSPS) is 18.2. The highest BCUT2D eigenvalue weighted by molar-refractivity contribution is 5.74. The van der Waals surface area contributed by atoms with Gasteiger partial charge in [0.1, 0.15) is 5.75 Å². The van der Waals surface area contributed by atoms with E-state index in [0.717, 1.165) is 37.3 Å². The first-order valence-electron chi connectivity index (χ1n) is 12.6. The second-order valence-electron chi connectivity index (χ2n) is 10.2. The van der Waals surface area contributed by atoms with Crippen LogP contribution in [-0.4, -0.2) is 58.9 Å². The number of nitrogens with one attached hydrogen (secondary N) is 1. The zero-order valence-electron chi connectivity index (χ0n) is 20.4. The second-order valence-corrected chi connectivity index (χ2v) is 10.2. The number of fused-ring (bicyclic) bond motifs is 2. The first kappa shape index (κ1) is 22.1. The number of hydrogen-bond donors (Lipinski definition) is 2. The summed E-state index contributed by atoms with van der Waals surface area (Å²) in [6, 6.07) is 11.2. The van der Waals surface area contributed by atoms with E-state index in [4.69, 9.17) is 0 Å². The Kier molecular flexibility index (Phi) is 5.07. The van der Waals surface area contributed by atoms with Crippen molar-refractivity contribution in [1.29, 1.82) is 0 Å². The lowest BCUT2D eigenvalue weighted by molar-refractivity contribution is 0.0801. The van der Waals surface area contributed by atoms with E-state index in [-0.39, 0.29) is 11.4 Å². The van der Waals surface area contributed by atoms with Gasteiger partial charge >= 0.3 is 0 Å². The van der Waals surface area contributed by atoms with Crippen molar-refractivity contribution >= 4 is 5.65 Å². The number of aromatic amines is 1. The summed E-state index contributed by atoms with van der Waals surface area (Å²) in [7, 11) is 0. The summed E-state index contributed by atoms with van der Waals surface area (Å²) in [6.07, 6.45) is 8.82. The molecule has 0 bridgehead atoms. The van der Waals surface area contributed by atoms with Gasteiger partial charge in [-0.25, -0.2) is 9.37 Å². The highest BCUT2D eigenvalue weighted by Gasteiger charge is 2.36. The zero-order valence-corrected chi connectivity index (χ0v) is 20.4. The van der Waals surface area contributed by atoms with Crippen molar-refractivity contribution in [1.82, 2.24) is 34.7 Å². The van der Waals surface area contributed by atoms with Gasteiger partial charge in [-0.05, 0) is 61.2 Å². The number of benzene rings is 1. The summed E-state index contributed by atoms with van der Waals surface area (Å²) in [5.74, 6) is 0.0456. The van der Waals surface area contributed by atoms with Gasteiger partial charge in [-0.2, -0.15) is 15.3 Å². The van der Waals surface area contributed by atoms with E-state index < -0.39 is 5.82 Å². The predicted octanol–water partition coefficient (Wildman–Crippen LogP) is 4.29. The van der Waals surface area contributed by atoms with Crippen LogP contribution in [0.3, 0.4) is 0 Å². The Balaban J connectivity index is 1.05. The highest BCUT2D eigenvalue weighted by Crippen LogP contribution is 2.35. The van der Waals surface area contributed by atoms with Gasteiger partial charge in [0, 0.05) is 60.7 Å². The average molecular weight is 496 g/mol. The number of phenols is 1. The third kappa shape index (κ3) is 3.86. The van der Waals surface area contributed by atoms with Crippen LogP contribution in [0.25, 0.3) is 28.0 Å². The molecule has 9 heteroatoms. The molecule has 5 aromatic rings. The SMILES string of the molecule is Cc1cn2cc(-c3ccc(-c4ccc(C5CN(C6CCc7cn[nH]c7C6)C5)nn4)c(O)c3)cc(F)c2n1. The third-order valence-corrected chi connectivity index (χ3v) is 7.76. The lowest BCUT2D eigenvalue weighted by Gasteiger charge is -2.45. The third-order valence-electron chi connectivity index (χ3n) is 7.76. The molecule has 2 N–H and O–H groups in total. The van der Waals surface area contributed by atoms with E-state index in [1.807, 2.05) is 37.5 Å². The number of halogens is 1. The summed E-state index contributed by atoms with van der Waals surface area (Å²) in [4.78, 5) is 6.73. The van der Waals surface area contributed by atoms with Crippen LogP contribution in [0.2, 0.25) is 0 Å². The molecule has 0 radical (unpaired) electrons. The van der Waals surface area contributed by atoms with E-state index in [9.17, 15) is 9.50 Å². The summed E-state index contributed by atoms with van der Waals surface area (Å²) in [5, 5.41) is 27.0. The molecule has 0 amide bonds. The Morgan fingerprint density at radius 2 is 1.95 bits per heavy atom. The maximum absolute atomic E-state index is 14.5. The molecule has 8 nitrogen and oxygen atoms in total. The molecule has 4 aromatic heterocycles. The number of aryl methyl sites for hydroxylation is 2. The summed E-state index contributed by atoms with van der Waals surface area (Å²) in [6.45, 7) is 3.80. The number of likely N-dealkylation sites (tertiary alicyclic amines) is 1. The Hall–Kier alpha value is -4.11. The molecule has 1 atom stereocenters. The standard InChI is InChI=1S/C28H26FN7O/c1-16-12-36-13-19(8-23(29)28(36)31-16)17-3-5-22(27(37)9-17)25-7-6-24(33-34-25)20-14-35(15-20)21-4-2-18-11-30-32-26(18)10-21/h3,5-9,11-13,20-21,37H,2,4,10,14-15H2,1H3,(H,30,32). The van der Waals surface area contributed by atoms with Gasteiger partial charge in [0.25, 0.3) is 0 Å². The quantitative estimate of drug-likeness (QED) is 0.386. The molecule has 1 aliphatic heterocycles.